The fraction of sp³-hybridized carbons (Fsp3) is 0.0500. The van der Waals surface area contributed by atoms with Crippen molar-refractivity contribution in [2.75, 3.05) is 5.32 Å². The Labute approximate surface area is 155 Å². The number of para-hydroxylation sites is 1. The minimum atomic E-state index is -0.276. The molecule has 6 heteroatoms. The first-order chi connectivity index (χ1) is 12.8. The van der Waals surface area contributed by atoms with E-state index in [0.29, 0.717) is 10.9 Å². The molecule has 0 saturated heterocycles. The van der Waals surface area contributed by atoms with E-state index in [-0.39, 0.29) is 6.03 Å². The van der Waals surface area contributed by atoms with Crippen molar-refractivity contribution in [3.63, 3.8) is 0 Å². The number of rotatable bonds is 4. The van der Waals surface area contributed by atoms with E-state index >= 15 is 0 Å². The fourth-order valence-corrected chi connectivity index (χ4v) is 3.49. The molecule has 0 aliphatic rings. The summed E-state index contributed by atoms with van der Waals surface area (Å²) in [6, 6.07) is 23.7. The van der Waals surface area contributed by atoms with Crippen molar-refractivity contribution in [1.29, 1.82) is 0 Å². The maximum atomic E-state index is 12.4. The Morgan fingerprint density at radius 1 is 0.962 bits per heavy atom. The number of carbonyl (C=O) groups is 1. The van der Waals surface area contributed by atoms with Crippen molar-refractivity contribution in [2.24, 2.45) is 0 Å². The largest absolute Gasteiger partial charge is 0.333 e. The van der Waals surface area contributed by atoms with Crippen LogP contribution in [0, 0.1) is 0 Å². The maximum Gasteiger partial charge on any atom is 0.333 e. The van der Waals surface area contributed by atoms with E-state index < -0.39 is 0 Å². The van der Waals surface area contributed by atoms with Crippen molar-refractivity contribution < 1.29 is 4.79 Å². The third-order valence-electron chi connectivity index (χ3n) is 3.94. The third kappa shape index (κ3) is 3.60. The molecule has 0 radical (unpaired) electrons. The molecule has 0 spiro atoms. The smallest absolute Gasteiger partial charge is 0.307 e. The zero-order chi connectivity index (χ0) is 17.8. The number of carbonyl (C=O) groups excluding carboxylic acids is 1. The summed E-state index contributed by atoms with van der Waals surface area (Å²) in [6.07, 6.45) is 1.43. The first-order valence-corrected chi connectivity index (χ1v) is 9.15. The van der Waals surface area contributed by atoms with Crippen LogP contribution in [-0.4, -0.2) is 20.8 Å². The number of benzene rings is 3. The SMILES string of the molecule is O=C(Nc1ccccc1)n1cnnc1SCc1ccc2ccccc2c1. The van der Waals surface area contributed by atoms with E-state index in [4.69, 9.17) is 0 Å². The summed E-state index contributed by atoms with van der Waals surface area (Å²) in [5, 5.41) is 13.8. The molecule has 1 amide bonds. The zero-order valence-corrected chi connectivity index (χ0v) is 14.7. The van der Waals surface area contributed by atoms with Crippen LogP contribution in [0.2, 0.25) is 0 Å². The van der Waals surface area contributed by atoms with Crippen LogP contribution in [0.1, 0.15) is 5.56 Å². The Balaban J connectivity index is 1.47. The molecule has 4 rings (SSSR count). The average molecular weight is 360 g/mol. The van der Waals surface area contributed by atoms with Gasteiger partial charge in [0.2, 0.25) is 0 Å². The van der Waals surface area contributed by atoms with Crippen LogP contribution in [-0.2, 0) is 5.75 Å². The highest BCUT2D eigenvalue weighted by Crippen LogP contribution is 2.23. The van der Waals surface area contributed by atoms with Crippen molar-refractivity contribution in [3.8, 4) is 0 Å². The van der Waals surface area contributed by atoms with E-state index in [0.717, 1.165) is 5.69 Å². The van der Waals surface area contributed by atoms with Crippen LogP contribution in [0.3, 0.4) is 0 Å². The number of nitrogens with one attached hydrogen (secondary N) is 1. The van der Waals surface area contributed by atoms with Crippen molar-refractivity contribution in [1.82, 2.24) is 14.8 Å². The molecule has 4 aromatic rings. The van der Waals surface area contributed by atoms with E-state index in [2.05, 4.69) is 45.8 Å². The van der Waals surface area contributed by atoms with Crippen molar-refractivity contribution >= 4 is 34.3 Å². The number of anilines is 1. The van der Waals surface area contributed by atoms with Crippen LogP contribution in [0.25, 0.3) is 10.8 Å². The van der Waals surface area contributed by atoms with Crippen molar-refractivity contribution in [3.05, 3.63) is 84.7 Å². The Bertz CT molecular complexity index is 1050. The molecule has 0 saturated carbocycles. The summed E-state index contributed by atoms with van der Waals surface area (Å²) in [5.41, 5.74) is 1.91. The Hall–Kier alpha value is -3.12. The highest BCUT2D eigenvalue weighted by Gasteiger charge is 2.13. The quantitative estimate of drug-likeness (QED) is 0.531. The van der Waals surface area contributed by atoms with E-state index in [1.54, 1.807) is 0 Å². The predicted molar refractivity (Wildman–Crippen MR) is 104 cm³/mol. The topological polar surface area (TPSA) is 59.8 Å². The van der Waals surface area contributed by atoms with E-state index in [1.807, 2.05) is 42.5 Å². The van der Waals surface area contributed by atoms with Gasteiger partial charge >= 0.3 is 6.03 Å². The minimum Gasteiger partial charge on any atom is -0.307 e. The van der Waals surface area contributed by atoms with Gasteiger partial charge in [-0.1, -0.05) is 72.4 Å². The van der Waals surface area contributed by atoms with E-state index in [9.17, 15) is 4.79 Å². The number of aromatic nitrogens is 3. The van der Waals surface area contributed by atoms with Gasteiger partial charge in [-0.25, -0.2) is 9.36 Å². The summed E-state index contributed by atoms with van der Waals surface area (Å²) in [4.78, 5) is 12.4. The molecule has 0 aliphatic heterocycles. The number of amides is 1. The molecule has 1 N–H and O–H groups in total. The van der Waals surface area contributed by atoms with Crippen LogP contribution < -0.4 is 5.32 Å². The maximum absolute atomic E-state index is 12.4. The molecule has 3 aromatic carbocycles. The minimum absolute atomic E-state index is 0.276. The number of fused-ring (bicyclic) bond motifs is 1. The lowest BCUT2D eigenvalue weighted by atomic mass is 10.1. The van der Waals surface area contributed by atoms with Gasteiger partial charge in [-0.05, 0) is 28.5 Å². The lowest BCUT2D eigenvalue weighted by molar-refractivity contribution is 0.251. The van der Waals surface area contributed by atoms with Gasteiger partial charge in [-0.15, -0.1) is 10.2 Å². The summed E-state index contributed by atoms with van der Waals surface area (Å²) in [5.74, 6) is 0.710. The van der Waals surface area contributed by atoms with Crippen LogP contribution in [0.4, 0.5) is 10.5 Å². The van der Waals surface area contributed by atoms with Crippen molar-refractivity contribution in [2.45, 2.75) is 10.9 Å². The van der Waals surface area contributed by atoms with Gasteiger partial charge in [0.25, 0.3) is 0 Å². The molecule has 0 unspecified atom stereocenters. The van der Waals surface area contributed by atoms with Gasteiger partial charge in [0.05, 0.1) is 0 Å². The predicted octanol–water partition coefficient (Wildman–Crippen LogP) is 4.80. The van der Waals surface area contributed by atoms with Gasteiger partial charge in [0.15, 0.2) is 5.16 Å². The molecular formula is C20H16N4OS. The summed E-state index contributed by atoms with van der Waals surface area (Å²) >= 11 is 1.48. The second-order valence-electron chi connectivity index (χ2n) is 5.75. The number of hydrogen-bond donors (Lipinski definition) is 1. The fourth-order valence-electron chi connectivity index (χ4n) is 2.64. The Kier molecular flexibility index (Phi) is 4.66. The molecule has 0 bridgehead atoms. The lowest BCUT2D eigenvalue weighted by Gasteiger charge is -2.08. The Morgan fingerprint density at radius 3 is 2.58 bits per heavy atom. The van der Waals surface area contributed by atoms with Crippen LogP contribution in [0.15, 0.2) is 84.3 Å². The number of nitrogens with zero attached hydrogens (tertiary/aromatic N) is 3. The molecule has 26 heavy (non-hydrogen) atoms. The molecule has 5 nitrogen and oxygen atoms in total. The molecule has 1 aromatic heterocycles. The highest BCUT2D eigenvalue weighted by molar-refractivity contribution is 7.98. The summed E-state index contributed by atoms with van der Waals surface area (Å²) < 4.78 is 1.43. The molecule has 1 heterocycles. The molecule has 0 aliphatic carbocycles. The van der Waals surface area contributed by atoms with Crippen LogP contribution in [0.5, 0.6) is 0 Å². The second kappa shape index (κ2) is 7.41. The van der Waals surface area contributed by atoms with Gasteiger partial charge in [0, 0.05) is 11.4 Å². The highest BCUT2D eigenvalue weighted by atomic mass is 32.2. The third-order valence-corrected chi connectivity index (χ3v) is 4.96. The zero-order valence-electron chi connectivity index (χ0n) is 13.9. The second-order valence-corrected chi connectivity index (χ2v) is 6.69. The summed E-state index contributed by atoms with van der Waals surface area (Å²) in [6.45, 7) is 0. The molecule has 0 atom stereocenters. The van der Waals surface area contributed by atoms with Gasteiger partial charge in [0.1, 0.15) is 6.33 Å². The van der Waals surface area contributed by atoms with Crippen LogP contribution >= 0.6 is 11.8 Å². The Morgan fingerprint density at radius 2 is 1.73 bits per heavy atom. The van der Waals surface area contributed by atoms with Gasteiger partial charge in [-0.2, -0.15) is 0 Å². The van der Waals surface area contributed by atoms with Gasteiger partial charge in [-0.3, -0.25) is 0 Å². The normalized spacial score (nSPS) is 10.8. The molecule has 128 valence electrons. The first-order valence-electron chi connectivity index (χ1n) is 8.16. The monoisotopic (exact) mass is 360 g/mol. The average Bonchev–Trinajstić information content (AvgIpc) is 3.16. The number of hydrogen-bond acceptors (Lipinski definition) is 4. The molecule has 0 fully saturated rings. The standard InChI is InChI=1S/C20H16N4OS/c25-19(22-18-8-2-1-3-9-18)24-14-21-23-20(24)26-13-15-10-11-16-6-4-5-7-17(16)12-15/h1-12,14H,13H2,(H,22,25). The molecular weight excluding hydrogens is 344 g/mol. The first kappa shape index (κ1) is 16.4. The number of thioether (sulfide) groups is 1. The summed E-state index contributed by atoms with van der Waals surface area (Å²) in [7, 11) is 0. The van der Waals surface area contributed by atoms with Gasteiger partial charge < -0.3 is 5.32 Å². The lowest BCUT2D eigenvalue weighted by Crippen LogP contribution is -2.19. The van der Waals surface area contributed by atoms with E-state index in [1.165, 1.54) is 39.0 Å².